The molecule has 0 aliphatic rings. The van der Waals surface area contributed by atoms with Crippen molar-refractivity contribution in [2.24, 2.45) is 7.05 Å². The van der Waals surface area contributed by atoms with Crippen LogP contribution in [0.4, 0.5) is 26.1 Å². The maximum Gasteiger partial charge on any atom is 0.359 e. The molecule has 0 saturated heterocycles. The highest BCUT2D eigenvalue weighted by atomic mass is 35.5. The summed E-state index contributed by atoms with van der Waals surface area (Å²) in [6, 6.07) is 6.27. The second-order valence-corrected chi connectivity index (χ2v) is 8.89. The highest BCUT2D eigenvalue weighted by Crippen LogP contribution is 2.29. The number of nitrogens with one attached hydrogen (secondary N) is 1. The van der Waals surface area contributed by atoms with Crippen molar-refractivity contribution in [3.8, 4) is 5.69 Å². The van der Waals surface area contributed by atoms with E-state index in [1.807, 2.05) is 0 Å². The summed E-state index contributed by atoms with van der Waals surface area (Å²) in [7, 11) is 1.74. The van der Waals surface area contributed by atoms with Gasteiger partial charge in [0.15, 0.2) is 0 Å². The fourth-order valence-corrected chi connectivity index (χ4v) is 4.15. The molecular weight excluding hydrogens is 529 g/mol. The lowest BCUT2D eigenvalue weighted by atomic mass is 10.2. The van der Waals surface area contributed by atoms with Gasteiger partial charge in [0.1, 0.15) is 11.6 Å². The summed E-state index contributed by atoms with van der Waals surface area (Å²) in [4.78, 5) is 34.5. The molecule has 5 aromatic rings. The number of hydrogen-bond acceptors (Lipinski definition) is 7. The minimum absolute atomic E-state index is 0.0511. The van der Waals surface area contributed by atoms with Crippen molar-refractivity contribution in [3.63, 3.8) is 0 Å². The molecule has 5 rings (SSSR count). The van der Waals surface area contributed by atoms with Gasteiger partial charge in [-0.25, -0.2) is 22.9 Å². The van der Waals surface area contributed by atoms with Crippen molar-refractivity contribution < 1.29 is 8.78 Å². The molecule has 0 aliphatic heterocycles. The monoisotopic (exact) mass is 544 g/mol. The van der Waals surface area contributed by atoms with Crippen molar-refractivity contribution in [1.82, 2.24) is 28.9 Å². The number of aromatic nitrogens is 6. The predicted molar refractivity (Wildman–Crippen MR) is 136 cm³/mol. The molecule has 0 amide bonds. The molecule has 0 unspecified atom stereocenters. The molecular formula is C23H16Cl2F2N8O2. The Bertz CT molecular complexity index is 1820. The van der Waals surface area contributed by atoms with Crippen LogP contribution in [0.5, 0.6) is 0 Å². The number of benzene rings is 2. The molecule has 188 valence electrons. The summed E-state index contributed by atoms with van der Waals surface area (Å²) in [5.74, 6) is -2.15. The molecule has 0 bridgehead atoms. The van der Waals surface area contributed by atoms with E-state index in [1.165, 1.54) is 18.5 Å². The summed E-state index contributed by atoms with van der Waals surface area (Å²) >= 11 is 12.3. The SMILES string of the molecule is Cn1cc2cc(Nc3nc(=O)n(-c4cncc(N)c4)c(=O)n3Cc3cc(Cl)c(F)cc3F)c(Cl)cc2n1. The molecule has 0 atom stereocenters. The molecule has 0 spiro atoms. The molecule has 3 heterocycles. The maximum absolute atomic E-state index is 14.6. The zero-order valence-electron chi connectivity index (χ0n) is 18.9. The van der Waals surface area contributed by atoms with Crippen LogP contribution in [-0.2, 0) is 13.6 Å². The number of nitrogen functional groups attached to an aromatic ring is 1. The Morgan fingerprint density at radius 2 is 1.81 bits per heavy atom. The number of halogens is 4. The van der Waals surface area contributed by atoms with E-state index in [0.29, 0.717) is 17.3 Å². The summed E-state index contributed by atoms with van der Waals surface area (Å²) < 4.78 is 31.7. The van der Waals surface area contributed by atoms with Gasteiger partial charge in [0.05, 0.1) is 45.4 Å². The zero-order chi connectivity index (χ0) is 26.4. The Morgan fingerprint density at radius 1 is 1.03 bits per heavy atom. The molecule has 0 aliphatic carbocycles. The van der Waals surface area contributed by atoms with Gasteiger partial charge in [-0.05, 0) is 24.3 Å². The Balaban J connectivity index is 1.70. The van der Waals surface area contributed by atoms with Gasteiger partial charge >= 0.3 is 11.4 Å². The molecule has 14 heteroatoms. The van der Waals surface area contributed by atoms with Crippen LogP contribution in [-0.4, -0.2) is 28.9 Å². The molecule has 0 saturated carbocycles. The largest absolute Gasteiger partial charge is 0.397 e. The molecule has 3 aromatic heterocycles. The van der Waals surface area contributed by atoms with Crippen LogP contribution in [0.1, 0.15) is 5.56 Å². The van der Waals surface area contributed by atoms with Gasteiger partial charge in [-0.15, -0.1) is 0 Å². The van der Waals surface area contributed by atoms with Crippen LogP contribution in [0.3, 0.4) is 0 Å². The molecule has 0 radical (unpaired) electrons. The topological polar surface area (TPSA) is 126 Å². The third-order valence-electron chi connectivity index (χ3n) is 5.45. The summed E-state index contributed by atoms with van der Waals surface area (Å²) in [6.07, 6.45) is 4.34. The van der Waals surface area contributed by atoms with Crippen molar-refractivity contribution in [2.75, 3.05) is 11.1 Å². The average Bonchev–Trinajstić information content (AvgIpc) is 3.18. The lowest BCUT2D eigenvalue weighted by Gasteiger charge is -2.17. The first-order chi connectivity index (χ1) is 17.6. The van der Waals surface area contributed by atoms with E-state index in [9.17, 15) is 18.4 Å². The van der Waals surface area contributed by atoms with E-state index in [-0.39, 0.29) is 32.9 Å². The fourth-order valence-electron chi connectivity index (χ4n) is 3.76. The Kier molecular flexibility index (Phi) is 6.13. The smallest absolute Gasteiger partial charge is 0.359 e. The number of anilines is 3. The van der Waals surface area contributed by atoms with Crippen LogP contribution in [0.2, 0.25) is 10.0 Å². The highest BCUT2D eigenvalue weighted by molar-refractivity contribution is 6.34. The average molecular weight is 545 g/mol. The lowest BCUT2D eigenvalue weighted by Crippen LogP contribution is -2.42. The van der Waals surface area contributed by atoms with Crippen molar-refractivity contribution >= 4 is 51.4 Å². The first-order valence-corrected chi connectivity index (χ1v) is 11.3. The number of fused-ring (bicyclic) bond motifs is 1. The molecule has 3 N–H and O–H groups in total. The van der Waals surface area contributed by atoms with Gasteiger partial charge < -0.3 is 11.1 Å². The second-order valence-electron chi connectivity index (χ2n) is 8.07. The number of nitrogens with zero attached hydrogens (tertiary/aromatic N) is 6. The molecule has 2 aromatic carbocycles. The molecule has 37 heavy (non-hydrogen) atoms. The standard InChI is InChI=1S/C23H16Cl2F2N8O2/c1-33-9-12-3-20(16(25)5-19(12)32-33)30-21-31-22(36)35(14-4-13(28)7-29-8-14)23(37)34(21)10-11-2-15(24)18(27)6-17(11)26/h2-9H,10,28H2,1H3,(H,30,31,36). The van der Waals surface area contributed by atoms with Crippen molar-refractivity contribution in [1.29, 1.82) is 0 Å². The van der Waals surface area contributed by atoms with E-state index < -0.39 is 29.6 Å². The number of nitrogens with two attached hydrogens (primary N) is 1. The van der Waals surface area contributed by atoms with Crippen LogP contribution in [0.15, 0.2) is 58.5 Å². The number of rotatable bonds is 5. The highest BCUT2D eigenvalue weighted by Gasteiger charge is 2.19. The van der Waals surface area contributed by atoms with E-state index in [4.69, 9.17) is 28.9 Å². The summed E-state index contributed by atoms with van der Waals surface area (Å²) in [5.41, 5.74) is 4.98. The number of hydrogen-bond donors (Lipinski definition) is 2. The van der Waals surface area contributed by atoms with Gasteiger partial charge in [-0.1, -0.05) is 23.2 Å². The van der Waals surface area contributed by atoms with Crippen LogP contribution < -0.4 is 22.4 Å². The van der Waals surface area contributed by atoms with E-state index >= 15 is 0 Å². The van der Waals surface area contributed by atoms with E-state index in [1.54, 1.807) is 30.1 Å². The zero-order valence-corrected chi connectivity index (χ0v) is 20.4. The molecule has 10 nitrogen and oxygen atoms in total. The van der Waals surface area contributed by atoms with Crippen molar-refractivity contribution in [2.45, 2.75) is 6.54 Å². The third kappa shape index (κ3) is 4.63. The fraction of sp³-hybridized carbons (Fsp3) is 0.0870. The Labute approximate surface area is 216 Å². The summed E-state index contributed by atoms with van der Waals surface area (Å²) in [6.45, 7) is -0.456. The lowest BCUT2D eigenvalue weighted by molar-refractivity contribution is 0.559. The van der Waals surface area contributed by atoms with E-state index in [2.05, 4.69) is 20.4 Å². The quantitative estimate of drug-likeness (QED) is 0.323. The Morgan fingerprint density at radius 3 is 2.57 bits per heavy atom. The summed E-state index contributed by atoms with van der Waals surface area (Å²) in [5, 5.41) is 7.77. The maximum atomic E-state index is 14.6. The number of aryl methyl sites for hydroxylation is 1. The van der Waals surface area contributed by atoms with Crippen LogP contribution in [0, 0.1) is 11.6 Å². The first-order valence-electron chi connectivity index (χ1n) is 10.6. The molecule has 0 fully saturated rings. The predicted octanol–water partition coefficient (Wildman–Crippen LogP) is 3.64. The van der Waals surface area contributed by atoms with Gasteiger partial charge in [-0.2, -0.15) is 10.1 Å². The minimum atomic E-state index is -0.959. The van der Waals surface area contributed by atoms with Crippen molar-refractivity contribution in [3.05, 3.63) is 97.1 Å². The van der Waals surface area contributed by atoms with Gasteiger partial charge in [-0.3, -0.25) is 14.2 Å². The first kappa shape index (κ1) is 24.4. The Hall–Kier alpha value is -4.29. The minimum Gasteiger partial charge on any atom is -0.397 e. The second kappa shape index (κ2) is 9.30. The van der Waals surface area contributed by atoms with Gasteiger partial charge in [0, 0.05) is 36.5 Å². The van der Waals surface area contributed by atoms with Gasteiger partial charge in [0.25, 0.3) is 0 Å². The van der Waals surface area contributed by atoms with E-state index in [0.717, 1.165) is 20.6 Å². The van der Waals surface area contributed by atoms with Gasteiger partial charge in [0.2, 0.25) is 5.95 Å². The normalized spacial score (nSPS) is 11.3. The van der Waals surface area contributed by atoms with Crippen LogP contribution in [0.25, 0.3) is 16.6 Å². The third-order valence-corrected chi connectivity index (χ3v) is 6.05. The van der Waals surface area contributed by atoms with Crippen LogP contribution >= 0.6 is 23.2 Å². The number of pyridine rings is 1.